The molecule has 2 aliphatic rings. The maximum Gasteiger partial charge on any atom is 0.0823 e. The van der Waals surface area contributed by atoms with E-state index in [1.807, 2.05) is 17.1 Å². The summed E-state index contributed by atoms with van der Waals surface area (Å²) in [5.41, 5.74) is 0.995. The monoisotopic (exact) mass is 234 g/mol. The van der Waals surface area contributed by atoms with E-state index in [0.717, 1.165) is 36.3 Å². The zero-order valence-electron chi connectivity index (χ0n) is 10.5. The molecule has 4 unspecified atom stereocenters. The summed E-state index contributed by atoms with van der Waals surface area (Å²) < 4.78 is 1.89. The van der Waals surface area contributed by atoms with Gasteiger partial charge in [0, 0.05) is 18.3 Å². The lowest BCUT2D eigenvalue weighted by atomic mass is 9.84. The van der Waals surface area contributed by atoms with Crippen molar-refractivity contribution in [3.05, 3.63) is 18.0 Å². The van der Waals surface area contributed by atoms with Gasteiger partial charge in [-0.2, -0.15) is 5.10 Å². The van der Waals surface area contributed by atoms with Gasteiger partial charge in [0.2, 0.25) is 0 Å². The SMILES string of the molecule is CCn1cc(C(O)CC2CC3CCC2C3)cn1. The normalized spacial score (nSPS) is 33.2. The molecular weight excluding hydrogens is 212 g/mol. The Labute approximate surface area is 103 Å². The molecule has 0 spiro atoms. The van der Waals surface area contributed by atoms with Crippen LogP contribution in [0.5, 0.6) is 0 Å². The van der Waals surface area contributed by atoms with Crippen molar-refractivity contribution < 1.29 is 5.11 Å². The minimum Gasteiger partial charge on any atom is -0.388 e. The number of rotatable bonds is 4. The number of fused-ring (bicyclic) bond motifs is 2. The molecule has 1 aromatic heterocycles. The fraction of sp³-hybridized carbons (Fsp3) is 0.786. The third kappa shape index (κ3) is 2.13. The Bertz CT molecular complexity index is 387. The van der Waals surface area contributed by atoms with E-state index in [4.69, 9.17) is 0 Å². The van der Waals surface area contributed by atoms with E-state index in [9.17, 15) is 5.11 Å². The predicted molar refractivity (Wildman–Crippen MR) is 66.4 cm³/mol. The summed E-state index contributed by atoms with van der Waals surface area (Å²) in [5.74, 6) is 2.63. The number of aliphatic hydroxyl groups excluding tert-OH is 1. The maximum atomic E-state index is 10.3. The highest BCUT2D eigenvalue weighted by Gasteiger charge is 2.40. The van der Waals surface area contributed by atoms with E-state index in [0.29, 0.717) is 0 Å². The Hall–Kier alpha value is -0.830. The number of aliphatic hydroxyl groups is 1. The summed E-state index contributed by atoms with van der Waals surface area (Å²) in [6, 6.07) is 0. The minimum atomic E-state index is -0.306. The number of nitrogens with zero attached hydrogens (tertiary/aromatic N) is 2. The van der Waals surface area contributed by atoms with Crippen molar-refractivity contribution in [2.75, 3.05) is 0 Å². The molecule has 2 aliphatic carbocycles. The lowest BCUT2D eigenvalue weighted by molar-refractivity contribution is 0.125. The van der Waals surface area contributed by atoms with Gasteiger partial charge in [-0.15, -0.1) is 0 Å². The molecule has 1 heterocycles. The van der Waals surface area contributed by atoms with Crippen LogP contribution in [0.3, 0.4) is 0 Å². The van der Waals surface area contributed by atoms with Gasteiger partial charge in [0.25, 0.3) is 0 Å². The average Bonchev–Trinajstić information content (AvgIpc) is 3.04. The van der Waals surface area contributed by atoms with Crippen molar-refractivity contribution >= 4 is 0 Å². The highest BCUT2D eigenvalue weighted by molar-refractivity contribution is 5.08. The summed E-state index contributed by atoms with van der Waals surface area (Å²) in [4.78, 5) is 0. The minimum absolute atomic E-state index is 0.306. The summed E-state index contributed by atoms with van der Waals surface area (Å²) in [7, 11) is 0. The molecular formula is C14H22N2O. The zero-order valence-corrected chi connectivity index (χ0v) is 10.5. The van der Waals surface area contributed by atoms with Crippen molar-refractivity contribution in [2.45, 2.75) is 51.7 Å². The molecule has 2 saturated carbocycles. The second-order valence-electron chi connectivity index (χ2n) is 5.82. The Morgan fingerprint density at radius 1 is 1.47 bits per heavy atom. The van der Waals surface area contributed by atoms with Gasteiger partial charge >= 0.3 is 0 Å². The first kappa shape index (κ1) is 11.3. The largest absolute Gasteiger partial charge is 0.388 e. The van der Waals surface area contributed by atoms with Crippen LogP contribution in [-0.2, 0) is 6.54 Å². The lowest BCUT2D eigenvalue weighted by Gasteiger charge is -2.23. The van der Waals surface area contributed by atoms with Crippen LogP contribution in [0.25, 0.3) is 0 Å². The molecule has 2 fully saturated rings. The van der Waals surface area contributed by atoms with Gasteiger partial charge in [-0.25, -0.2) is 0 Å². The van der Waals surface area contributed by atoms with E-state index in [2.05, 4.69) is 12.0 Å². The predicted octanol–water partition coefficient (Wildman–Crippen LogP) is 2.76. The molecule has 94 valence electrons. The van der Waals surface area contributed by atoms with Crippen LogP contribution in [0.15, 0.2) is 12.4 Å². The van der Waals surface area contributed by atoms with E-state index < -0.39 is 0 Å². The molecule has 17 heavy (non-hydrogen) atoms. The van der Waals surface area contributed by atoms with E-state index in [-0.39, 0.29) is 6.10 Å². The van der Waals surface area contributed by atoms with Crippen molar-refractivity contribution in [2.24, 2.45) is 17.8 Å². The average molecular weight is 234 g/mol. The number of hydrogen-bond donors (Lipinski definition) is 1. The van der Waals surface area contributed by atoms with E-state index in [1.54, 1.807) is 0 Å². The van der Waals surface area contributed by atoms with Gasteiger partial charge in [-0.3, -0.25) is 4.68 Å². The van der Waals surface area contributed by atoms with Crippen LogP contribution in [-0.4, -0.2) is 14.9 Å². The first-order valence-corrected chi connectivity index (χ1v) is 6.96. The molecule has 3 nitrogen and oxygen atoms in total. The highest BCUT2D eigenvalue weighted by Crippen LogP contribution is 2.50. The topological polar surface area (TPSA) is 38.0 Å². The molecule has 3 rings (SSSR count). The maximum absolute atomic E-state index is 10.3. The number of hydrogen-bond acceptors (Lipinski definition) is 2. The Kier molecular flexibility index (Phi) is 2.95. The Morgan fingerprint density at radius 2 is 2.35 bits per heavy atom. The zero-order chi connectivity index (χ0) is 11.8. The molecule has 0 aliphatic heterocycles. The van der Waals surface area contributed by atoms with Crippen LogP contribution in [0.4, 0.5) is 0 Å². The summed E-state index contributed by atoms with van der Waals surface area (Å²) in [6.07, 6.45) is 10.0. The number of aromatic nitrogens is 2. The smallest absolute Gasteiger partial charge is 0.0823 e. The molecule has 1 aromatic rings. The first-order chi connectivity index (χ1) is 8.26. The standard InChI is InChI=1S/C14H22N2O/c1-2-16-9-13(8-15-16)14(17)7-12-6-10-3-4-11(12)5-10/h8-12,14,17H,2-7H2,1H3. The lowest BCUT2D eigenvalue weighted by Crippen LogP contribution is -2.14. The van der Waals surface area contributed by atoms with E-state index in [1.165, 1.54) is 25.7 Å². The number of aryl methyl sites for hydroxylation is 1. The molecule has 1 N–H and O–H groups in total. The molecule has 0 amide bonds. The van der Waals surface area contributed by atoms with Crippen molar-refractivity contribution in [1.29, 1.82) is 0 Å². The third-order valence-corrected chi connectivity index (χ3v) is 4.77. The third-order valence-electron chi connectivity index (χ3n) is 4.77. The van der Waals surface area contributed by atoms with Gasteiger partial charge < -0.3 is 5.11 Å². The van der Waals surface area contributed by atoms with Crippen molar-refractivity contribution in [1.82, 2.24) is 9.78 Å². The quantitative estimate of drug-likeness (QED) is 0.870. The Balaban J connectivity index is 1.61. The van der Waals surface area contributed by atoms with Crippen LogP contribution in [0.2, 0.25) is 0 Å². The molecule has 2 bridgehead atoms. The van der Waals surface area contributed by atoms with Crippen LogP contribution >= 0.6 is 0 Å². The first-order valence-electron chi connectivity index (χ1n) is 6.96. The van der Waals surface area contributed by atoms with Gasteiger partial charge in [-0.1, -0.05) is 6.42 Å². The second kappa shape index (κ2) is 4.45. The second-order valence-corrected chi connectivity index (χ2v) is 5.82. The Morgan fingerprint density at radius 3 is 2.94 bits per heavy atom. The highest BCUT2D eigenvalue weighted by atomic mass is 16.3. The van der Waals surface area contributed by atoms with Gasteiger partial charge in [0.05, 0.1) is 12.3 Å². The molecule has 0 aromatic carbocycles. The van der Waals surface area contributed by atoms with Crippen LogP contribution < -0.4 is 0 Å². The van der Waals surface area contributed by atoms with Crippen LogP contribution in [0.1, 0.15) is 50.7 Å². The van der Waals surface area contributed by atoms with Crippen molar-refractivity contribution in [3.8, 4) is 0 Å². The summed E-state index contributed by atoms with van der Waals surface area (Å²) in [5, 5.41) is 14.5. The summed E-state index contributed by atoms with van der Waals surface area (Å²) in [6.45, 7) is 2.94. The molecule has 3 heteroatoms. The van der Waals surface area contributed by atoms with E-state index >= 15 is 0 Å². The molecule has 0 radical (unpaired) electrons. The van der Waals surface area contributed by atoms with Gasteiger partial charge in [-0.05, 0) is 50.4 Å². The van der Waals surface area contributed by atoms with Crippen LogP contribution in [0, 0.1) is 17.8 Å². The molecule has 4 atom stereocenters. The van der Waals surface area contributed by atoms with Gasteiger partial charge in [0.15, 0.2) is 0 Å². The van der Waals surface area contributed by atoms with Crippen molar-refractivity contribution in [3.63, 3.8) is 0 Å². The summed E-state index contributed by atoms with van der Waals surface area (Å²) >= 11 is 0. The fourth-order valence-electron chi connectivity index (χ4n) is 3.81. The van der Waals surface area contributed by atoms with Gasteiger partial charge in [0.1, 0.15) is 0 Å². The fourth-order valence-corrected chi connectivity index (χ4v) is 3.81. The molecule has 0 saturated heterocycles.